The quantitative estimate of drug-likeness (QED) is 0.759. The number of para-hydroxylation sites is 1. The van der Waals surface area contributed by atoms with Crippen LogP contribution in [0.2, 0.25) is 0 Å². The Bertz CT molecular complexity index is 939. The molecule has 1 saturated heterocycles. The van der Waals surface area contributed by atoms with Gasteiger partial charge in [-0.25, -0.2) is 9.37 Å². The lowest BCUT2D eigenvalue weighted by atomic mass is 10.0. The molecule has 2 atom stereocenters. The van der Waals surface area contributed by atoms with Gasteiger partial charge in [0.15, 0.2) is 0 Å². The van der Waals surface area contributed by atoms with Gasteiger partial charge in [-0.15, -0.1) is 0 Å². The van der Waals surface area contributed by atoms with Crippen LogP contribution in [0.3, 0.4) is 0 Å². The molecule has 4 rings (SSSR count). The maximum absolute atomic E-state index is 13.2. The van der Waals surface area contributed by atoms with Gasteiger partial charge in [0.05, 0.1) is 23.0 Å². The Kier molecular flexibility index (Phi) is 3.54. The highest BCUT2D eigenvalue weighted by molar-refractivity contribution is 5.78. The number of nitrogens with zero attached hydrogens (tertiary/aromatic N) is 2. The van der Waals surface area contributed by atoms with E-state index in [2.05, 4.69) is 9.97 Å². The molecule has 0 bridgehead atoms. The second-order valence-corrected chi connectivity index (χ2v) is 6.02. The molecule has 2 aromatic carbocycles. The lowest BCUT2D eigenvalue weighted by Gasteiger charge is -2.25. The van der Waals surface area contributed by atoms with Gasteiger partial charge in [-0.1, -0.05) is 24.3 Å². The molecule has 6 heteroatoms. The van der Waals surface area contributed by atoms with Crippen molar-refractivity contribution in [2.24, 2.45) is 0 Å². The smallest absolute Gasteiger partial charge is 0.260 e. The van der Waals surface area contributed by atoms with Gasteiger partial charge in [-0.05, 0) is 36.2 Å². The van der Waals surface area contributed by atoms with Crippen LogP contribution >= 0.6 is 0 Å². The van der Waals surface area contributed by atoms with E-state index in [1.54, 1.807) is 30.3 Å². The molecule has 1 aliphatic heterocycles. The van der Waals surface area contributed by atoms with Crippen molar-refractivity contribution < 1.29 is 9.50 Å². The predicted molar refractivity (Wildman–Crippen MR) is 89.5 cm³/mol. The van der Waals surface area contributed by atoms with Crippen LogP contribution in [-0.4, -0.2) is 27.7 Å². The second-order valence-electron chi connectivity index (χ2n) is 6.02. The lowest BCUT2D eigenvalue weighted by molar-refractivity contribution is 0.194. The topological polar surface area (TPSA) is 69.2 Å². The minimum absolute atomic E-state index is 0.162. The van der Waals surface area contributed by atoms with Crippen LogP contribution in [0.1, 0.15) is 18.0 Å². The zero-order valence-corrected chi connectivity index (χ0v) is 12.8. The largest absolute Gasteiger partial charge is 0.391 e. The van der Waals surface area contributed by atoms with Crippen molar-refractivity contribution in [2.45, 2.75) is 18.6 Å². The van der Waals surface area contributed by atoms with E-state index in [1.807, 2.05) is 11.0 Å². The molecule has 2 heterocycles. The highest BCUT2D eigenvalue weighted by atomic mass is 19.1. The fourth-order valence-corrected chi connectivity index (χ4v) is 3.26. The first-order chi connectivity index (χ1) is 11.6. The van der Waals surface area contributed by atoms with Crippen LogP contribution in [0.15, 0.2) is 53.3 Å². The normalized spacial score (nSPS) is 20.7. The average molecular weight is 325 g/mol. The van der Waals surface area contributed by atoms with Gasteiger partial charge in [-0.2, -0.15) is 0 Å². The van der Waals surface area contributed by atoms with Crippen molar-refractivity contribution in [3.8, 4) is 0 Å². The molecule has 0 radical (unpaired) electrons. The van der Waals surface area contributed by atoms with Gasteiger partial charge in [-0.3, -0.25) is 9.78 Å². The number of aliphatic hydroxyl groups excluding tert-OH is 1. The third-order valence-electron chi connectivity index (χ3n) is 4.41. The fourth-order valence-electron chi connectivity index (χ4n) is 3.26. The van der Waals surface area contributed by atoms with Gasteiger partial charge in [0, 0.05) is 6.54 Å². The van der Waals surface area contributed by atoms with Crippen LogP contribution in [0.25, 0.3) is 10.9 Å². The molecule has 0 spiro atoms. The first-order valence-electron chi connectivity index (χ1n) is 7.81. The third kappa shape index (κ3) is 2.55. The standard InChI is InChI=1S/C18H16FN3O2/c19-12-7-5-11(6-8-12)16-9-13(23)10-22(16)18-20-15-4-2-1-3-14(15)17(24)21-18/h1-8,13,16,23H,9-10H2,(H,20,21,24)/t13-,16+/m1/s1. The number of halogens is 1. The van der Waals surface area contributed by atoms with E-state index in [4.69, 9.17) is 0 Å². The molecule has 0 aliphatic carbocycles. The van der Waals surface area contributed by atoms with Crippen molar-refractivity contribution in [3.05, 3.63) is 70.3 Å². The number of hydrogen-bond donors (Lipinski definition) is 2. The van der Waals surface area contributed by atoms with Gasteiger partial charge >= 0.3 is 0 Å². The molecule has 1 fully saturated rings. The third-order valence-corrected chi connectivity index (χ3v) is 4.41. The molecule has 1 aliphatic rings. The summed E-state index contributed by atoms with van der Waals surface area (Å²) in [5, 5.41) is 10.6. The Labute approximate surface area is 137 Å². The highest BCUT2D eigenvalue weighted by Gasteiger charge is 2.33. The summed E-state index contributed by atoms with van der Waals surface area (Å²) in [6, 6.07) is 13.2. The van der Waals surface area contributed by atoms with Crippen molar-refractivity contribution in [3.63, 3.8) is 0 Å². The number of benzene rings is 2. The van der Waals surface area contributed by atoms with Crippen molar-refractivity contribution in [2.75, 3.05) is 11.4 Å². The molecular weight excluding hydrogens is 309 g/mol. The van der Waals surface area contributed by atoms with Gasteiger partial charge in [0.1, 0.15) is 5.82 Å². The molecule has 5 nitrogen and oxygen atoms in total. The van der Waals surface area contributed by atoms with Gasteiger partial charge in [0.2, 0.25) is 5.95 Å². The lowest BCUT2D eigenvalue weighted by Crippen LogP contribution is -2.28. The van der Waals surface area contributed by atoms with Gasteiger partial charge in [0.25, 0.3) is 5.56 Å². The highest BCUT2D eigenvalue weighted by Crippen LogP contribution is 2.34. The monoisotopic (exact) mass is 325 g/mol. The van der Waals surface area contributed by atoms with E-state index in [1.165, 1.54) is 12.1 Å². The summed E-state index contributed by atoms with van der Waals surface area (Å²) >= 11 is 0. The summed E-state index contributed by atoms with van der Waals surface area (Å²) in [6.07, 6.45) is -0.0286. The zero-order chi connectivity index (χ0) is 16.7. The van der Waals surface area contributed by atoms with E-state index < -0.39 is 6.10 Å². The van der Waals surface area contributed by atoms with E-state index >= 15 is 0 Å². The maximum atomic E-state index is 13.2. The average Bonchev–Trinajstić information content (AvgIpc) is 2.97. The molecule has 24 heavy (non-hydrogen) atoms. The number of nitrogens with one attached hydrogen (secondary N) is 1. The molecule has 0 unspecified atom stereocenters. The summed E-state index contributed by atoms with van der Waals surface area (Å²) in [4.78, 5) is 21.5. The molecular formula is C18H16FN3O2. The number of H-pyrrole nitrogens is 1. The summed E-state index contributed by atoms with van der Waals surface area (Å²) in [7, 11) is 0. The predicted octanol–water partition coefficient (Wildman–Crippen LogP) is 2.37. The first kappa shape index (κ1) is 14.8. The zero-order valence-electron chi connectivity index (χ0n) is 12.8. The minimum atomic E-state index is -0.531. The Hall–Kier alpha value is -2.73. The van der Waals surface area contributed by atoms with Crippen LogP contribution in [0.5, 0.6) is 0 Å². The van der Waals surface area contributed by atoms with E-state index in [0.717, 1.165) is 5.56 Å². The van der Waals surface area contributed by atoms with E-state index in [-0.39, 0.29) is 17.4 Å². The van der Waals surface area contributed by atoms with Crippen LogP contribution in [0.4, 0.5) is 10.3 Å². The summed E-state index contributed by atoms with van der Waals surface area (Å²) in [5.41, 5.74) is 1.27. The Morgan fingerprint density at radius 2 is 1.92 bits per heavy atom. The second kappa shape index (κ2) is 5.72. The Morgan fingerprint density at radius 1 is 1.17 bits per heavy atom. The molecule has 0 amide bonds. The first-order valence-corrected chi connectivity index (χ1v) is 7.81. The van der Waals surface area contributed by atoms with E-state index in [9.17, 15) is 14.3 Å². The molecule has 0 saturated carbocycles. The summed E-state index contributed by atoms with van der Waals surface area (Å²) in [6.45, 7) is 0.364. The molecule has 1 aromatic heterocycles. The van der Waals surface area contributed by atoms with Crippen LogP contribution in [0, 0.1) is 5.82 Å². The Balaban J connectivity index is 1.79. The maximum Gasteiger partial charge on any atom is 0.260 e. The molecule has 2 N–H and O–H groups in total. The molecule has 122 valence electrons. The number of aromatic nitrogens is 2. The fraction of sp³-hybridized carbons (Fsp3) is 0.222. The number of aromatic amines is 1. The Morgan fingerprint density at radius 3 is 2.71 bits per heavy atom. The summed E-state index contributed by atoms with van der Waals surface area (Å²) < 4.78 is 13.2. The number of fused-ring (bicyclic) bond motifs is 1. The SMILES string of the molecule is O=c1[nH]c(N2C[C@H](O)C[C@H]2c2ccc(F)cc2)nc2ccccc12. The van der Waals surface area contributed by atoms with Gasteiger partial charge < -0.3 is 10.0 Å². The molecule has 3 aromatic rings. The number of β-amino-alcohol motifs (C(OH)–C–C–N with tert-alkyl or cyclic N) is 1. The minimum Gasteiger partial charge on any atom is -0.391 e. The number of hydrogen-bond acceptors (Lipinski definition) is 4. The van der Waals surface area contributed by atoms with Crippen LogP contribution in [-0.2, 0) is 0 Å². The number of aliphatic hydroxyl groups is 1. The number of rotatable bonds is 2. The van der Waals surface area contributed by atoms with E-state index in [0.29, 0.717) is 29.8 Å². The van der Waals surface area contributed by atoms with Crippen LogP contribution < -0.4 is 10.5 Å². The van der Waals surface area contributed by atoms with Crippen molar-refractivity contribution >= 4 is 16.9 Å². The number of anilines is 1. The van der Waals surface area contributed by atoms with Crippen molar-refractivity contribution in [1.29, 1.82) is 0 Å². The summed E-state index contributed by atoms with van der Waals surface area (Å²) in [5.74, 6) is 0.116. The van der Waals surface area contributed by atoms with Crippen molar-refractivity contribution in [1.82, 2.24) is 9.97 Å².